The molecule has 0 bridgehead atoms. The van der Waals surface area contributed by atoms with E-state index in [0.29, 0.717) is 19.5 Å². The number of nitrogens with one attached hydrogen (secondary N) is 2. The molecule has 1 atom stereocenters. The minimum absolute atomic E-state index is 0.378. The fraction of sp³-hybridized carbons (Fsp3) is 0.385. The second kappa shape index (κ2) is 6.19. The van der Waals surface area contributed by atoms with Crippen LogP contribution in [0.1, 0.15) is 18.4 Å². The minimum Gasteiger partial charge on any atom is -0.480 e. The molecule has 0 aliphatic carbocycles. The number of hydrazine groups is 1. The molecule has 0 unspecified atom stereocenters. The topological polar surface area (TPSA) is 81.7 Å². The van der Waals surface area contributed by atoms with Crippen LogP contribution in [0.25, 0.3) is 0 Å². The van der Waals surface area contributed by atoms with Gasteiger partial charge in [-0.2, -0.15) is 0 Å². The van der Waals surface area contributed by atoms with Gasteiger partial charge in [0.25, 0.3) is 0 Å². The summed E-state index contributed by atoms with van der Waals surface area (Å²) in [5.74, 6) is -0.902. The summed E-state index contributed by atoms with van der Waals surface area (Å²) in [6, 6.07) is 8.53. The molecule has 2 amide bonds. The van der Waals surface area contributed by atoms with Crippen molar-refractivity contribution in [3.8, 4) is 0 Å². The Labute approximate surface area is 111 Å². The fourth-order valence-electron chi connectivity index (χ4n) is 2.11. The first kappa shape index (κ1) is 13.4. The second-order valence-electron chi connectivity index (χ2n) is 4.47. The van der Waals surface area contributed by atoms with E-state index in [1.807, 2.05) is 30.3 Å². The maximum absolute atomic E-state index is 11.7. The lowest BCUT2D eigenvalue weighted by molar-refractivity contribution is -0.142. The Bertz CT molecular complexity index is 450. The van der Waals surface area contributed by atoms with E-state index in [2.05, 4.69) is 10.7 Å². The van der Waals surface area contributed by atoms with Crippen molar-refractivity contribution in [2.24, 2.45) is 0 Å². The molecule has 102 valence electrons. The van der Waals surface area contributed by atoms with Gasteiger partial charge in [0.2, 0.25) is 0 Å². The van der Waals surface area contributed by atoms with E-state index in [1.54, 1.807) is 0 Å². The maximum Gasteiger partial charge on any atom is 0.329 e. The molecule has 3 N–H and O–H groups in total. The van der Waals surface area contributed by atoms with Gasteiger partial charge in [-0.3, -0.25) is 10.2 Å². The van der Waals surface area contributed by atoms with Gasteiger partial charge in [0.15, 0.2) is 0 Å². The predicted molar refractivity (Wildman–Crippen MR) is 69.2 cm³/mol. The first-order chi connectivity index (χ1) is 9.16. The zero-order valence-electron chi connectivity index (χ0n) is 10.5. The molecule has 0 aromatic heterocycles. The van der Waals surface area contributed by atoms with Crippen molar-refractivity contribution in [1.29, 1.82) is 0 Å². The highest BCUT2D eigenvalue weighted by Gasteiger charge is 2.31. The Morgan fingerprint density at radius 2 is 2.05 bits per heavy atom. The molecule has 1 fully saturated rings. The molecule has 0 saturated carbocycles. The number of carbonyl (C=O) groups excluding carboxylic acids is 1. The van der Waals surface area contributed by atoms with Crippen LogP contribution in [0.3, 0.4) is 0 Å². The Kier molecular flexibility index (Phi) is 4.35. The lowest BCUT2D eigenvalue weighted by atomic mass is 10.2. The summed E-state index contributed by atoms with van der Waals surface area (Å²) in [5.41, 5.74) is 3.58. The van der Waals surface area contributed by atoms with Gasteiger partial charge in [-0.1, -0.05) is 30.3 Å². The van der Waals surface area contributed by atoms with Crippen LogP contribution in [-0.4, -0.2) is 34.7 Å². The lowest BCUT2D eigenvalue weighted by Crippen LogP contribution is -2.51. The molecule has 1 aromatic rings. The predicted octanol–water partition coefficient (Wildman–Crippen LogP) is 0.950. The van der Waals surface area contributed by atoms with E-state index in [4.69, 9.17) is 5.11 Å². The van der Waals surface area contributed by atoms with Gasteiger partial charge in [0, 0.05) is 13.1 Å². The average molecular weight is 263 g/mol. The number of aliphatic carboxylic acids is 1. The number of hydrogen-bond donors (Lipinski definition) is 3. The lowest BCUT2D eigenvalue weighted by Gasteiger charge is -2.21. The molecule has 19 heavy (non-hydrogen) atoms. The van der Waals surface area contributed by atoms with Crippen LogP contribution in [-0.2, 0) is 11.3 Å². The molecule has 0 spiro atoms. The Morgan fingerprint density at radius 3 is 2.74 bits per heavy atom. The Hall–Kier alpha value is -2.08. The molecular formula is C13H17N3O3. The number of carboxylic acids is 1. The van der Waals surface area contributed by atoms with Crippen LogP contribution in [0.15, 0.2) is 30.3 Å². The summed E-state index contributed by atoms with van der Waals surface area (Å²) in [6.45, 7) is 0.980. The summed E-state index contributed by atoms with van der Waals surface area (Å²) < 4.78 is 0. The monoisotopic (exact) mass is 263 g/mol. The molecule has 1 saturated heterocycles. The molecule has 1 aromatic carbocycles. The van der Waals surface area contributed by atoms with Gasteiger partial charge >= 0.3 is 12.0 Å². The number of rotatable bonds is 4. The number of carbonyl (C=O) groups is 2. The van der Waals surface area contributed by atoms with Gasteiger partial charge in [0.1, 0.15) is 6.04 Å². The van der Waals surface area contributed by atoms with Gasteiger partial charge in [0.05, 0.1) is 0 Å². The Morgan fingerprint density at radius 1 is 1.32 bits per heavy atom. The molecule has 6 heteroatoms. The molecule has 1 aliphatic rings. The summed E-state index contributed by atoms with van der Waals surface area (Å²) in [4.78, 5) is 22.6. The zero-order valence-corrected chi connectivity index (χ0v) is 10.5. The third-order valence-electron chi connectivity index (χ3n) is 3.08. The van der Waals surface area contributed by atoms with E-state index in [-0.39, 0.29) is 6.03 Å². The average Bonchev–Trinajstić information content (AvgIpc) is 2.86. The summed E-state index contributed by atoms with van der Waals surface area (Å²) in [5, 5.41) is 13.2. The fourth-order valence-corrected chi connectivity index (χ4v) is 2.11. The third kappa shape index (κ3) is 3.69. The molecular weight excluding hydrogens is 246 g/mol. The smallest absolute Gasteiger partial charge is 0.329 e. The Balaban J connectivity index is 1.80. The van der Waals surface area contributed by atoms with E-state index >= 15 is 0 Å². The van der Waals surface area contributed by atoms with E-state index in [1.165, 1.54) is 5.01 Å². The largest absolute Gasteiger partial charge is 0.480 e. The standard InChI is InChI=1S/C13H17N3O3/c17-12(18)11-7-4-8-16(11)15-13(19)14-9-10-5-2-1-3-6-10/h1-3,5-6,11H,4,7-9H2,(H,17,18)(H2,14,15,19)/t11-/m1/s1. The highest BCUT2D eigenvalue weighted by molar-refractivity contribution is 5.76. The van der Waals surface area contributed by atoms with Crippen molar-refractivity contribution >= 4 is 12.0 Å². The van der Waals surface area contributed by atoms with Crippen LogP contribution in [0.5, 0.6) is 0 Å². The minimum atomic E-state index is -0.902. The first-order valence-electron chi connectivity index (χ1n) is 6.24. The van der Waals surface area contributed by atoms with Crippen molar-refractivity contribution in [2.75, 3.05) is 6.54 Å². The van der Waals surface area contributed by atoms with Crippen LogP contribution in [0.4, 0.5) is 4.79 Å². The molecule has 1 aliphatic heterocycles. The summed E-state index contributed by atoms with van der Waals surface area (Å²) in [6.07, 6.45) is 1.34. The highest BCUT2D eigenvalue weighted by Crippen LogP contribution is 2.14. The third-order valence-corrected chi connectivity index (χ3v) is 3.08. The SMILES string of the molecule is O=C(NCc1ccccc1)NN1CCC[C@@H]1C(=O)O. The van der Waals surface area contributed by atoms with Gasteiger partial charge < -0.3 is 10.4 Å². The van der Waals surface area contributed by atoms with Gasteiger partial charge in [-0.25, -0.2) is 9.80 Å². The maximum atomic E-state index is 11.7. The number of urea groups is 1. The van der Waals surface area contributed by atoms with Crippen molar-refractivity contribution in [3.05, 3.63) is 35.9 Å². The molecule has 2 rings (SSSR count). The quantitative estimate of drug-likeness (QED) is 0.755. The van der Waals surface area contributed by atoms with Crippen LogP contribution < -0.4 is 10.7 Å². The van der Waals surface area contributed by atoms with Crippen LogP contribution in [0.2, 0.25) is 0 Å². The van der Waals surface area contributed by atoms with E-state index in [9.17, 15) is 9.59 Å². The summed E-state index contributed by atoms with van der Waals surface area (Å²) in [7, 11) is 0. The van der Waals surface area contributed by atoms with Crippen molar-refractivity contribution in [3.63, 3.8) is 0 Å². The zero-order chi connectivity index (χ0) is 13.7. The molecule has 0 radical (unpaired) electrons. The van der Waals surface area contributed by atoms with Crippen molar-refractivity contribution in [2.45, 2.75) is 25.4 Å². The number of hydrogen-bond acceptors (Lipinski definition) is 3. The normalized spacial score (nSPS) is 19.1. The second-order valence-corrected chi connectivity index (χ2v) is 4.47. The van der Waals surface area contributed by atoms with Crippen LogP contribution >= 0.6 is 0 Å². The first-order valence-corrected chi connectivity index (χ1v) is 6.24. The van der Waals surface area contributed by atoms with Crippen molar-refractivity contribution < 1.29 is 14.7 Å². The molecule has 6 nitrogen and oxygen atoms in total. The van der Waals surface area contributed by atoms with Gasteiger partial charge in [-0.05, 0) is 18.4 Å². The number of amides is 2. The summed E-state index contributed by atoms with van der Waals surface area (Å²) >= 11 is 0. The van der Waals surface area contributed by atoms with E-state index < -0.39 is 12.0 Å². The number of nitrogens with zero attached hydrogens (tertiary/aromatic N) is 1. The van der Waals surface area contributed by atoms with E-state index in [0.717, 1.165) is 12.0 Å². The van der Waals surface area contributed by atoms with Gasteiger partial charge in [-0.15, -0.1) is 0 Å². The van der Waals surface area contributed by atoms with Crippen LogP contribution in [0, 0.1) is 0 Å². The highest BCUT2D eigenvalue weighted by atomic mass is 16.4. The number of carboxylic acid groups (broad SMARTS) is 1. The number of benzene rings is 1. The molecule has 1 heterocycles. The van der Waals surface area contributed by atoms with Crippen molar-refractivity contribution in [1.82, 2.24) is 15.8 Å².